The summed E-state index contributed by atoms with van der Waals surface area (Å²) in [6, 6.07) is 4.03. The predicted molar refractivity (Wildman–Crippen MR) is 95.2 cm³/mol. The fraction of sp³-hybridized carbons (Fsp3) is 0.133. The van der Waals surface area contributed by atoms with Gasteiger partial charge in [-0.25, -0.2) is 14.8 Å². The van der Waals surface area contributed by atoms with E-state index in [0.29, 0.717) is 33.1 Å². The number of carboxylic acid groups (broad SMARTS) is 1. The van der Waals surface area contributed by atoms with Crippen molar-refractivity contribution in [1.82, 2.24) is 9.97 Å². The summed E-state index contributed by atoms with van der Waals surface area (Å²) in [5.74, 6) is -0.164. The molecule has 3 aromatic rings. The van der Waals surface area contributed by atoms with Crippen LogP contribution in [0.4, 0.5) is 17.2 Å². The van der Waals surface area contributed by atoms with Crippen molar-refractivity contribution in [3.05, 3.63) is 49.6 Å². The number of nitrogens with one attached hydrogen (secondary N) is 1. The van der Waals surface area contributed by atoms with Gasteiger partial charge in [0.25, 0.3) is 5.69 Å². The lowest BCUT2D eigenvalue weighted by atomic mass is 10.2. The Hall–Kier alpha value is -2.78. The lowest BCUT2D eigenvalue weighted by Gasteiger charge is -2.10. The molecule has 2 heterocycles. The molecule has 25 heavy (non-hydrogen) atoms. The van der Waals surface area contributed by atoms with Crippen molar-refractivity contribution in [3.63, 3.8) is 0 Å². The third-order valence-electron chi connectivity index (χ3n) is 3.51. The Kier molecular flexibility index (Phi) is 4.27. The molecule has 0 amide bonds. The van der Waals surface area contributed by atoms with E-state index in [0.717, 1.165) is 11.3 Å². The summed E-state index contributed by atoms with van der Waals surface area (Å²) in [4.78, 5) is 31.0. The van der Waals surface area contributed by atoms with Crippen LogP contribution in [0.3, 0.4) is 0 Å². The number of nitro groups is 1. The highest BCUT2D eigenvalue weighted by Crippen LogP contribution is 2.36. The highest BCUT2D eigenvalue weighted by molar-refractivity contribution is 7.20. The standard InChI is InChI=1S/C15H11ClN4O4S/c1-6-11-13(17-7(2)18-14(11)25-12(6)15(21)22)19-10-4-3-8(20(23)24)5-9(10)16/h3-5H,1-2H3,(H,21,22)(H,17,18,19). The van der Waals surface area contributed by atoms with Gasteiger partial charge in [-0.05, 0) is 25.5 Å². The third-order valence-corrected chi connectivity index (χ3v) is 5.00. The Labute approximate surface area is 150 Å². The van der Waals surface area contributed by atoms with E-state index in [1.807, 2.05) is 0 Å². The highest BCUT2D eigenvalue weighted by atomic mass is 35.5. The van der Waals surface area contributed by atoms with Gasteiger partial charge >= 0.3 is 5.97 Å². The topological polar surface area (TPSA) is 118 Å². The van der Waals surface area contributed by atoms with Crippen LogP contribution in [0, 0.1) is 24.0 Å². The van der Waals surface area contributed by atoms with Gasteiger partial charge in [-0.2, -0.15) is 0 Å². The van der Waals surface area contributed by atoms with E-state index >= 15 is 0 Å². The van der Waals surface area contributed by atoms with Crippen molar-refractivity contribution in [2.45, 2.75) is 13.8 Å². The molecule has 3 rings (SSSR count). The molecule has 0 atom stereocenters. The van der Waals surface area contributed by atoms with E-state index < -0.39 is 10.9 Å². The monoisotopic (exact) mass is 378 g/mol. The quantitative estimate of drug-likeness (QED) is 0.512. The number of anilines is 2. The number of benzene rings is 1. The largest absolute Gasteiger partial charge is 0.477 e. The number of thiophene rings is 1. The van der Waals surface area contributed by atoms with Gasteiger partial charge in [-0.1, -0.05) is 11.6 Å². The fourth-order valence-electron chi connectivity index (χ4n) is 2.39. The molecule has 0 spiro atoms. The van der Waals surface area contributed by atoms with Crippen LogP contribution in [0.1, 0.15) is 21.1 Å². The van der Waals surface area contributed by atoms with Crippen LogP contribution in [0.25, 0.3) is 10.2 Å². The van der Waals surface area contributed by atoms with Gasteiger partial charge in [-0.3, -0.25) is 10.1 Å². The second-order valence-electron chi connectivity index (χ2n) is 5.21. The van der Waals surface area contributed by atoms with Gasteiger partial charge in [0, 0.05) is 12.1 Å². The molecule has 0 aliphatic heterocycles. The molecule has 0 fully saturated rings. The van der Waals surface area contributed by atoms with Crippen LogP contribution in [0.2, 0.25) is 5.02 Å². The van der Waals surface area contributed by atoms with Crippen molar-refractivity contribution in [2.75, 3.05) is 5.32 Å². The van der Waals surface area contributed by atoms with E-state index in [9.17, 15) is 20.0 Å². The van der Waals surface area contributed by atoms with Crippen molar-refractivity contribution >= 4 is 56.3 Å². The number of hydrogen-bond donors (Lipinski definition) is 2. The van der Waals surface area contributed by atoms with Gasteiger partial charge in [0.15, 0.2) is 0 Å². The van der Waals surface area contributed by atoms with Crippen molar-refractivity contribution in [1.29, 1.82) is 0 Å². The van der Waals surface area contributed by atoms with Crippen LogP contribution < -0.4 is 5.32 Å². The Bertz CT molecular complexity index is 1030. The van der Waals surface area contributed by atoms with E-state index in [-0.39, 0.29) is 15.6 Å². The zero-order chi connectivity index (χ0) is 18.3. The van der Waals surface area contributed by atoms with Crippen LogP contribution >= 0.6 is 22.9 Å². The maximum Gasteiger partial charge on any atom is 0.346 e. The summed E-state index contributed by atoms with van der Waals surface area (Å²) in [7, 11) is 0. The average molecular weight is 379 g/mol. The van der Waals surface area contributed by atoms with Gasteiger partial charge in [-0.15, -0.1) is 11.3 Å². The van der Waals surface area contributed by atoms with Crippen LogP contribution in [0.15, 0.2) is 18.2 Å². The minimum Gasteiger partial charge on any atom is -0.477 e. The molecule has 0 radical (unpaired) electrons. The van der Waals surface area contributed by atoms with Crippen LogP contribution in [-0.2, 0) is 0 Å². The summed E-state index contributed by atoms with van der Waals surface area (Å²) in [6.45, 7) is 3.38. The number of aromatic carboxylic acids is 1. The Morgan fingerprint density at radius 2 is 2.08 bits per heavy atom. The Morgan fingerprint density at radius 1 is 1.36 bits per heavy atom. The lowest BCUT2D eigenvalue weighted by Crippen LogP contribution is -2.00. The normalized spacial score (nSPS) is 10.8. The first-order chi connectivity index (χ1) is 11.8. The average Bonchev–Trinajstić information content (AvgIpc) is 2.86. The number of nitrogens with zero attached hydrogens (tertiary/aromatic N) is 3. The molecule has 128 valence electrons. The van der Waals surface area contributed by atoms with Crippen molar-refractivity contribution < 1.29 is 14.8 Å². The lowest BCUT2D eigenvalue weighted by molar-refractivity contribution is -0.384. The van der Waals surface area contributed by atoms with Gasteiger partial charge < -0.3 is 10.4 Å². The smallest absolute Gasteiger partial charge is 0.346 e. The minimum atomic E-state index is -1.03. The summed E-state index contributed by atoms with van der Waals surface area (Å²) < 4.78 is 0. The summed E-state index contributed by atoms with van der Waals surface area (Å²) in [5.41, 5.74) is 0.849. The van der Waals surface area contributed by atoms with Gasteiger partial charge in [0.2, 0.25) is 0 Å². The zero-order valence-electron chi connectivity index (χ0n) is 13.0. The molecule has 0 saturated heterocycles. The number of carbonyl (C=O) groups is 1. The second kappa shape index (κ2) is 6.26. The number of nitro benzene ring substituents is 1. The minimum absolute atomic E-state index is 0.126. The van der Waals surface area contributed by atoms with E-state index in [2.05, 4.69) is 15.3 Å². The number of carboxylic acids is 1. The maximum atomic E-state index is 11.4. The number of aromatic nitrogens is 2. The van der Waals surface area contributed by atoms with E-state index in [4.69, 9.17) is 11.6 Å². The second-order valence-corrected chi connectivity index (χ2v) is 6.61. The van der Waals surface area contributed by atoms with Crippen LogP contribution in [0.5, 0.6) is 0 Å². The molecular formula is C15H11ClN4O4S. The predicted octanol–water partition coefficient (Wildman–Crippen LogP) is 4.31. The third kappa shape index (κ3) is 3.11. The molecule has 10 heteroatoms. The number of rotatable bonds is 4. The Balaban J connectivity index is 2.13. The first-order valence-electron chi connectivity index (χ1n) is 7.00. The Morgan fingerprint density at radius 3 is 2.68 bits per heavy atom. The fourth-order valence-corrected chi connectivity index (χ4v) is 3.67. The molecule has 8 nitrogen and oxygen atoms in total. The molecule has 0 aliphatic carbocycles. The SMILES string of the molecule is Cc1nc(Nc2ccc([N+](=O)[O-])cc2Cl)c2c(C)c(C(=O)O)sc2n1. The zero-order valence-corrected chi connectivity index (χ0v) is 14.6. The highest BCUT2D eigenvalue weighted by Gasteiger charge is 2.20. The molecule has 0 unspecified atom stereocenters. The number of fused-ring (bicyclic) bond motifs is 1. The number of halogens is 1. The molecule has 2 N–H and O–H groups in total. The van der Waals surface area contributed by atoms with Crippen LogP contribution in [-0.4, -0.2) is 26.0 Å². The molecule has 0 bridgehead atoms. The number of aryl methyl sites for hydroxylation is 2. The van der Waals surface area contributed by atoms with Crippen molar-refractivity contribution in [3.8, 4) is 0 Å². The molecule has 0 aliphatic rings. The molecular weight excluding hydrogens is 368 g/mol. The number of non-ortho nitro benzene ring substituents is 1. The molecule has 1 aromatic carbocycles. The molecule has 0 saturated carbocycles. The summed E-state index contributed by atoms with van der Waals surface area (Å²) in [6.07, 6.45) is 0. The summed E-state index contributed by atoms with van der Waals surface area (Å²) in [5, 5.41) is 23.9. The molecule has 2 aromatic heterocycles. The van der Waals surface area contributed by atoms with Gasteiger partial charge in [0.05, 0.1) is 21.0 Å². The van der Waals surface area contributed by atoms with E-state index in [1.54, 1.807) is 13.8 Å². The number of hydrogen-bond acceptors (Lipinski definition) is 7. The van der Waals surface area contributed by atoms with E-state index in [1.165, 1.54) is 18.2 Å². The van der Waals surface area contributed by atoms with Crippen molar-refractivity contribution in [2.24, 2.45) is 0 Å². The summed E-state index contributed by atoms with van der Waals surface area (Å²) >= 11 is 7.18. The van der Waals surface area contributed by atoms with Gasteiger partial charge in [0.1, 0.15) is 21.3 Å². The first-order valence-corrected chi connectivity index (χ1v) is 8.19. The first kappa shape index (κ1) is 17.1. The maximum absolute atomic E-state index is 11.4.